The number of aliphatic hydroxyl groups excluding tert-OH is 1. The maximum Gasteiger partial charge on any atom is 0.184 e. The Morgan fingerprint density at radius 3 is 3.13 bits per heavy atom. The highest BCUT2D eigenvalue weighted by Gasteiger charge is 2.24. The van der Waals surface area contributed by atoms with Gasteiger partial charge in [-0.3, -0.25) is 5.32 Å². The summed E-state index contributed by atoms with van der Waals surface area (Å²) in [5.41, 5.74) is 3.23. The lowest BCUT2D eigenvalue weighted by Gasteiger charge is -2.36. The van der Waals surface area contributed by atoms with Gasteiger partial charge in [0.05, 0.1) is 6.54 Å². The van der Waals surface area contributed by atoms with Crippen molar-refractivity contribution in [1.82, 2.24) is 5.32 Å². The van der Waals surface area contributed by atoms with E-state index < -0.39 is 13.0 Å². The molecule has 0 aromatic heterocycles. The van der Waals surface area contributed by atoms with Gasteiger partial charge >= 0.3 is 0 Å². The minimum absolute atomic E-state index is 0.213. The molecular weight excluding hydrogens is 195 g/mol. The molecule has 1 atom stereocenters. The van der Waals surface area contributed by atoms with Crippen molar-refractivity contribution in [1.29, 1.82) is 0 Å². The Labute approximate surface area is 88.5 Å². The number of halogens is 1. The predicted molar refractivity (Wildman–Crippen MR) is 57.3 cm³/mol. The lowest BCUT2D eigenvalue weighted by molar-refractivity contribution is 0.121. The number of hydrogen-bond acceptors (Lipinski definition) is 3. The minimum Gasteiger partial charge on any atom is -0.361 e. The van der Waals surface area contributed by atoms with E-state index in [9.17, 15) is 9.50 Å². The van der Waals surface area contributed by atoms with Gasteiger partial charge in [0.1, 0.15) is 6.67 Å². The number of aliphatic hydroxyl groups is 1. The molecule has 1 aromatic carbocycles. The lowest BCUT2D eigenvalue weighted by atomic mass is 10.0. The van der Waals surface area contributed by atoms with E-state index in [1.807, 2.05) is 25.1 Å². The highest BCUT2D eigenvalue weighted by Crippen LogP contribution is 2.27. The Hall–Kier alpha value is -1.13. The summed E-state index contributed by atoms with van der Waals surface area (Å²) in [5, 5.41) is 12.6. The van der Waals surface area contributed by atoms with Gasteiger partial charge in [0.25, 0.3) is 0 Å². The molecule has 1 aromatic rings. The SMILES string of the molecule is Cc1cccc2c1CNC(O)N2CCF. The largest absolute Gasteiger partial charge is 0.361 e. The number of nitrogens with zero attached hydrogens (tertiary/aromatic N) is 1. The lowest BCUT2D eigenvalue weighted by Crippen LogP contribution is -2.50. The average Bonchev–Trinajstić information content (AvgIpc) is 2.23. The van der Waals surface area contributed by atoms with Crippen molar-refractivity contribution in [2.75, 3.05) is 18.1 Å². The molecule has 0 bridgehead atoms. The maximum atomic E-state index is 12.4. The van der Waals surface area contributed by atoms with Crippen LogP contribution in [0.25, 0.3) is 0 Å². The summed E-state index contributed by atoms with van der Waals surface area (Å²) in [6.45, 7) is 2.40. The molecule has 1 aliphatic heterocycles. The fraction of sp³-hybridized carbons (Fsp3) is 0.455. The Bertz CT molecular complexity index is 356. The van der Waals surface area contributed by atoms with Crippen LogP contribution in [0.3, 0.4) is 0 Å². The Kier molecular flexibility index (Phi) is 2.88. The minimum atomic E-state index is -0.782. The highest BCUT2D eigenvalue weighted by molar-refractivity contribution is 5.58. The van der Waals surface area contributed by atoms with Crippen molar-refractivity contribution < 1.29 is 9.50 Å². The monoisotopic (exact) mass is 210 g/mol. The van der Waals surface area contributed by atoms with Crippen molar-refractivity contribution in [3.8, 4) is 0 Å². The summed E-state index contributed by atoms with van der Waals surface area (Å²) in [4.78, 5) is 1.64. The Morgan fingerprint density at radius 2 is 2.40 bits per heavy atom. The number of alkyl halides is 1. The first-order valence-corrected chi connectivity index (χ1v) is 5.06. The zero-order valence-corrected chi connectivity index (χ0v) is 8.70. The number of benzene rings is 1. The van der Waals surface area contributed by atoms with Gasteiger partial charge in [-0.15, -0.1) is 0 Å². The van der Waals surface area contributed by atoms with Crippen LogP contribution in [0.4, 0.5) is 10.1 Å². The van der Waals surface area contributed by atoms with Gasteiger partial charge < -0.3 is 10.0 Å². The van der Waals surface area contributed by atoms with E-state index in [0.29, 0.717) is 6.54 Å². The highest BCUT2D eigenvalue weighted by atomic mass is 19.1. The number of rotatable bonds is 2. The van der Waals surface area contributed by atoms with E-state index in [-0.39, 0.29) is 6.54 Å². The third-order valence-electron chi connectivity index (χ3n) is 2.78. The van der Waals surface area contributed by atoms with Crippen LogP contribution in [-0.2, 0) is 6.54 Å². The molecule has 0 fully saturated rings. The van der Waals surface area contributed by atoms with E-state index in [2.05, 4.69) is 5.32 Å². The van der Waals surface area contributed by atoms with E-state index in [1.54, 1.807) is 4.90 Å². The first-order valence-electron chi connectivity index (χ1n) is 5.06. The van der Waals surface area contributed by atoms with Crippen LogP contribution in [-0.4, -0.2) is 24.7 Å². The molecule has 2 N–H and O–H groups in total. The molecule has 15 heavy (non-hydrogen) atoms. The van der Waals surface area contributed by atoms with Crippen LogP contribution < -0.4 is 10.2 Å². The Balaban J connectivity index is 2.39. The molecule has 82 valence electrons. The second-order valence-electron chi connectivity index (χ2n) is 3.71. The molecule has 0 saturated carbocycles. The molecule has 0 saturated heterocycles. The molecule has 1 unspecified atom stereocenters. The summed E-state index contributed by atoms with van der Waals surface area (Å²) in [5.74, 6) is 0. The smallest absolute Gasteiger partial charge is 0.184 e. The first-order chi connectivity index (χ1) is 7.24. The quantitative estimate of drug-likeness (QED) is 0.768. The fourth-order valence-electron chi connectivity index (χ4n) is 1.95. The first kappa shape index (κ1) is 10.4. The van der Waals surface area contributed by atoms with E-state index in [4.69, 9.17) is 0 Å². The molecular formula is C11H15FN2O. The normalized spacial score (nSPS) is 20.2. The number of nitrogens with one attached hydrogen (secondary N) is 1. The average molecular weight is 210 g/mol. The maximum absolute atomic E-state index is 12.4. The van der Waals surface area contributed by atoms with Gasteiger partial charge in [-0.05, 0) is 24.1 Å². The van der Waals surface area contributed by atoms with Crippen molar-refractivity contribution in [2.24, 2.45) is 0 Å². The van der Waals surface area contributed by atoms with Crippen LogP contribution >= 0.6 is 0 Å². The zero-order chi connectivity index (χ0) is 10.8. The molecule has 2 rings (SSSR count). The van der Waals surface area contributed by atoms with E-state index in [0.717, 1.165) is 16.8 Å². The molecule has 0 aliphatic carbocycles. The third kappa shape index (κ3) is 1.82. The van der Waals surface area contributed by atoms with Gasteiger partial charge in [0.15, 0.2) is 6.35 Å². The number of aryl methyl sites for hydroxylation is 1. The van der Waals surface area contributed by atoms with Crippen LogP contribution in [0.15, 0.2) is 18.2 Å². The van der Waals surface area contributed by atoms with Crippen molar-refractivity contribution in [3.63, 3.8) is 0 Å². The summed E-state index contributed by atoms with van der Waals surface area (Å²) < 4.78 is 12.4. The molecule has 0 spiro atoms. The Morgan fingerprint density at radius 1 is 1.60 bits per heavy atom. The van der Waals surface area contributed by atoms with Crippen LogP contribution in [0.5, 0.6) is 0 Å². The second-order valence-corrected chi connectivity index (χ2v) is 3.71. The summed E-state index contributed by atoms with van der Waals surface area (Å²) >= 11 is 0. The number of hydrogen-bond donors (Lipinski definition) is 2. The van der Waals surface area contributed by atoms with E-state index in [1.165, 1.54) is 0 Å². The summed E-state index contributed by atoms with van der Waals surface area (Å²) in [6, 6.07) is 5.87. The van der Waals surface area contributed by atoms with Gasteiger partial charge in [0, 0.05) is 12.2 Å². The topological polar surface area (TPSA) is 35.5 Å². The second kappa shape index (κ2) is 4.16. The molecule has 0 amide bonds. The standard InChI is InChI=1S/C11H15FN2O/c1-8-3-2-4-10-9(8)7-13-11(15)14(10)6-5-12/h2-4,11,13,15H,5-7H2,1H3. The van der Waals surface area contributed by atoms with Gasteiger partial charge in [-0.1, -0.05) is 12.1 Å². The number of fused-ring (bicyclic) bond motifs is 1. The fourth-order valence-corrected chi connectivity index (χ4v) is 1.95. The number of anilines is 1. The van der Waals surface area contributed by atoms with E-state index >= 15 is 0 Å². The van der Waals surface area contributed by atoms with Crippen LogP contribution in [0.1, 0.15) is 11.1 Å². The van der Waals surface area contributed by atoms with Gasteiger partial charge in [-0.25, -0.2) is 4.39 Å². The predicted octanol–water partition coefficient (Wildman–Crippen LogP) is 1.15. The van der Waals surface area contributed by atoms with Crippen molar-refractivity contribution in [2.45, 2.75) is 19.8 Å². The molecule has 1 aliphatic rings. The van der Waals surface area contributed by atoms with Crippen molar-refractivity contribution in [3.05, 3.63) is 29.3 Å². The van der Waals surface area contributed by atoms with Gasteiger partial charge in [-0.2, -0.15) is 0 Å². The van der Waals surface area contributed by atoms with Crippen LogP contribution in [0.2, 0.25) is 0 Å². The third-order valence-corrected chi connectivity index (χ3v) is 2.78. The molecule has 1 heterocycles. The molecule has 4 heteroatoms. The van der Waals surface area contributed by atoms with Crippen LogP contribution in [0, 0.1) is 6.92 Å². The van der Waals surface area contributed by atoms with Crippen molar-refractivity contribution >= 4 is 5.69 Å². The molecule has 3 nitrogen and oxygen atoms in total. The zero-order valence-electron chi connectivity index (χ0n) is 8.70. The summed E-state index contributed by atoms with van der Waals surface area (Å²) in [6.07, 6.45) is -0.782. The summed E-state index contributed by atoms with van der Waals surface area (Å²) in [7, 11) is 0. The molecule has 0 radical (unpaired) electrons. The van der Waals surface area contributed by atoms with Gasteiger partial charge in [0.2, 0.25) is 0 Å².